The Morgan fingerprint density at radius 3 is 2.75 bits per heavy atom. The van der Waals surface area contributed by atoms with Gasteiger partial charge in [-0.1, -0.05) is 18.0 Å². The third-order valence-electron chi connectivity index (χ3n) is 4.80. The van der Waals surface area contributed by atoms with Crippen molar-refractivity contribution in [2.75, 3.05) is 6.54 Å². The Morgan fingerprint density at radius 2 is 2.07 bits per heavy atom. The molecule has 0 spiro atoms. The molecule has 3 rings (SSSR count). The van der Waals surface area contributed by atoms with Crippen LogP contribution in [0.4, 0.5) is 0 Å². The average Bonchev–Trinajstić information content (AvgIpc) is 3.29. The number of hydrogen-bond acceptors (Lipinski definition) is 5. The summed E-state index contributed by atoms with van der Waals surface area (Å²) in [4.78, 5) is 16.7. The van der Waals surface area contributed by atoms with E-state index in [0.717, 1.165) is 24.8 Å². The van der Waals surface area contributed by atoms with Crippen LogP contribution >= 0.6 is 48.2 Å². The van der Waals surface area contributed by atoms with Gasteiger partial charge in [0, 0.05) is 16.6 Å². The van der Waals surface area contributed by atoms with E-state index in [9.17, 15) is 4.79 Å². The summed E-state index contributed by atoms with van der Waals surface area (Å²) in [5, 5.41) is 3.67. The highest BCUT2D eigenvalue weighted by atomic mass is 35.5. The molecule has 1 amide bonds. The second kappa shape index (κ2) is 11.9. The number of carbonyl (C=O) groups excluding carboxylic acids is 1. The molecular weight excluding hydrogens is 441 g/mol. The number of oxazole rings is 1. The maximum atomic E-state index is 12.4. The Morgan fingerprint density at radius 1 is 1.36 bits per heavy atom. The average molecular weight is 467 g/mol. The number of hydrogen-bond donors (Lipinski definition) is 2. The maximum Gasteiger partial charge on any atom is 0.233 e. The number of nitrogens with zero attached hydrogens (tertiary/aromatic N) is 1. The number of halogens is 3. The second-order valence-electron chi connectivity index (χ2n) is 6.62. The molecular formula is C19H26Cl3N3O2S. The molecule has 1 saturated carbocycles. The first-order valence-electron chi connectivity index (χ1n) is 8.89. The number of nitrogens with two attached hydrogens (primary N) is 1. The Labute approximate surface area is 187 Å². The van der Waals surface area contributed by atoms with Crippen molar-refractivity contribution in [3.05, 3.63) is 41.4 Å². The Kier molecular flexibility index (Phi) is 10.7. The normalized spacial score (nSPS) is 19.4. The molecule has 3 N–H and O–H groups in total. The van der Waals surface area contributed by atoms with Crippen LogP contribution in [0.15, 0.2) is 34.9 Å². The third kappa shape index (κ3) is 6.56. The summed E-state index contributed by atoms with van der Waals surface area (Å²) >= 11 is 7.42. The number of nitrogens with one attached hydrogen (secondary N) is 1. The number of thioether (sulfide) groups is 1. The van der Waals surface area contributed by atoms with Crippen LogP contribution in [-0.4, -0.2) is 28.7 Å². The molecule has 0 radical (unpaired) electrons. The van der Waals surface area contributed by atoms with Crippen LogP contribution in [0.3, 0.4) is 0 Å². The Balaban J connectivity index is 0.00000196. The van der Waals surface area contributed by atoms with Crippen molar-refractivity contribution in [3.8, 4) is 11.3 Å². The monoisotopic (exact) mass is 465 g/mol. The van der Waals surface area contributed by atoms with Gasteiger partial charge in [-0.2, -0.15) is 0 Å². The lowest BCUT2D eigenvalue weighted by atomic mass is 10.0. The molecule has 0 bridgehead atoms. The van der Waals surface area contributed by atoms with Crippen LogP contribution in [0.25, 0.3) is 11.3 Å². The lowest BCUT2D eigenvalue weighted by molar-refractivity contribution is -0.121. The van der Waals surface area contributed by atoms with E-state index in [4.69, 9.17) is 21.8 Å². The van der Waals surface area contributed by atoms with Crippen LogP contribution in [-0.2, 0) is 10.5 Å². The van der Waals surface area contributed by atoms with E-state index in [2.05, 4.69) is 10.3 Å². The summed E-state index contributed by atoms with van der Waals surface area (Å²) in [7, 11) is 0. The van der Waals surface area contributed by atoms with E-state index in [1.165, 1.54) is 11.8 Å². The van der Waals surface area contributed by atoms with Gasteiger partial charge in [-0.3, -0.25) is 4.79 Å². The fourth-order valence-electron chi connectivity index (χ4n) is 3.21. The molecule has 3 unspecified atom stereocenters. The van der Waals surface area contributed by atoms with Gasteiger partial charge in [0.2, 0.25) is 11.8 Å². The third-order valence-corrected chi connectivity index (χ3v) is 6.18. The topological polar surface area (TPSA) is 81.2 Å². The lowest BCUT2D eigenvalue weighted by Crippen LogP contribution is -2.43. The number of aromatic nitrogens is 1. The summed E-state index contributed by atoms with van der Waals surface area (Å²) in [5.41, 5.74) is 6.71. The summed E-state index contributed by atoms with van der Waals surface area (Å²) in [5.74, 6) is 2.33. The zero-order valence-corrected chi connectivity index (χ0v) is 18.8. The van der Waals surface area contributed by atoms with Crippen LogP contribution in [0.2, 0.25) is 5.02 Å². The van der Waals surface area contributed by atoms with Gasteiger partial charge in [0.15, 0.2) is 5.76 Å². The second-order valence-corrected chi connectivity index (χ2v) is 8.39. The maximum absolute atomic E-state index is 12.4. The smallest absolute Gasteiger partial charge is 0.233 e. The van der Waals surface area contributed by atoms with Crippen LogP contribution in [0.5, 0.6) is 0 Å². The van der Waals surface area contributed by atoms with E-state index in [1.54, 1.807) is 6.20 Å². The standard InChI is InChI=1S/C19H24ClN3O2S.2ClH/c1-12(19(24)23-16-4-2-3-14(16)9-21)26-11-18-22-10-17(25-18)13-5-7-15(20)8-6-13;;/h5-8,10,12,14,16H,2-4,9,11,21H2,1H3,(H,23,24);2*1H. The molecule has 9 heteroatoms. The zero-order chi connectivity index (χ0) is 18.5. The quantitative estimate of drug-likeness (QED) is 0.618. The highest BCUT2D eigenvalue weighted by molar-refractivity contribution is 7.99. The van der Waals surface area contributed by atoms with E-state index >= 15 is 0 Å². The van der Waals surface area contributed by atoms with Gasteiger partial charge < -0.3 is 15.5 Å². The molecule has 0 aliphatic heterocycles. The molecule has 1 fully saturated rings. The molecule has 1 aromatic carbocycles. The van der Waals surface area contributed by atoms with Gasteiger partial charge in [0.1, 0.15) is 0 Å². The summed E-state index contributed by atoms with van der Waals surface area (Å²) < 4.78 is 5.78. The van der Waals surface area contributed by atoms with Gasteiger partial charge in [-0.05, 0) is 56.5 Å². The first-order chi connectivity index (χ1) is 12.6. The fraction of sp³-hybridized carbons (Fsp3) is 0.474. The minimum Gasteiger partial charge on any atom is -0.440 e. The van der Waals surface area contributed by atoms with Gasteiger partial charge in [0.25, 0.3) is 0 Å². The molecule has 1 aliphatic carbocycles. The summed E-state index contributed by atoms with van der Waals surface area (Å²) in [6.45, 7) is 2.55. The molecule has 156 valence electrons. The van der Waals surface area contributed by atoms with E-state index in [0.29, 0.717) is 34.9 Å². The number of benzene rings is 1. The highest BCUT2D eigenvalue weighted by Gasteiger charge is 2.28. The Hall–Kier alpha value is -0.920. The van der Waals surface area contributed by atoms with E-state index in [-0.39, 0.29) is 42.0 Å². The van der Waals surface area contributed by atoms with Crippen LogP contribution in [0, 0.1) is 5.92 Å². The van der Waals surface area contributed by atoms with Crippen molar-refractivity contribution >= 4 is 54.1 Å². The molecule has 1 heterocycles. The Bertz CT molecular complexity index is 742. The van der Waals surface area contributed by atoms with Crippen LogP contribution < -0.4 is 11.1 Å². The minimum atomic E-state index is -0.167. The van der Waals surface area contributed by atoms with Crippen LogP contribution in [0.1, 0.15) is 32.1 Å². The van der Waals surface area contributed by atoms with Crippen molar-refractivity contribution in [2.24, 2.45) is 11.7 Å². The molecule has 1 aromatic heterocycles. The van der Waals surface area contributed by atoms with E-state index in [1.807, 2.05) is 31.2 Å². The summed E-state index contributed by atoms with van der Waals surface area (Å²) in [6.07, 6.45) is 4.97. The predicted molar refractivity (Wildman–Crippen MR) is 121 cm³/mol. The molecule has 0 saturated heterocycles. The first kappa shape index (κ1) is 25.1. The largest absolute Gasteiger partial charge is 0.440 e. The SMILES string of the molecule is CC(SCc1ncc(-c2ccc(Cl)cc2)o1)C(=O)NC1CCCC1CN.Cl.Cl. The van der Waals surface area contributed by atoms with Gasteiger partial charge in [-0.15, -0.1) is 36.6 Å². The minimum absolute atomic E-state index is 0. The van der Waals surface area contributed by atoms with Crippen molar-refractivity contribution in [1.82, 2.24) is 10.3 Å². The molecule has 3 atom stereocenters. The van der Waals surface area contributed by atoms with Crippen molar-refractivity contribution in [1.29, 1.82) is 0 Å². The number of amides is 1. The van der Waals surface area contributed by atoms with Gasteiger partial charge in [-0.25, -0.2) is 4.98 Å². The van der Waals surface area contributed by atoms with Crippen molar-refractivity contribution < 1.29 is 9.21 Å². The van der Waals surface area contributed by atoms with Crippen molar-refractivity contribution in [2.45, 2.75) is 43.2 Å². The summed E-state index contributed by atoms with van der Waals surface area (Å²) in [6, 6.07) is 7.64. The number of carbonyl (C=O) groups is 1. The predicted octanol–water partition coefficient (Wildman–Crippen LogP) is 4.70. The first-order valence-corrected chi connectivity index (χ1v) is 10.3. The lowest BCUT2D eigenvalue weighted by Gasteiger charge is -2.21. The van der Waals surface area contributed by atoms with E-state index < -0.39 is 0 Å². The van der Waals surface area contributed by atoms with Crippen molar-refractivity contribution in [3.63, 3.8) is 0 Å². The van der Waals surface area contributed by atoms with Gasteiger partial charge in [0.05, 0.1) is 17.2 Å². The van der Waals surface area contributed by atoms with Gasteiger partial charge >= 0.3 is 0 Å². The zero-order valence-electron chi connectivity index (χ0n) is 15.6. The highest BCUT2D eigenvalue weighted by Crippen LogP contribution is 2.27. The molecule has 28 heavy (non-hydrogen) atoms. The molecule has 5 nitrogen and oxygen atoms in total. The molecule has 1 aliphatic rings. The fourth-order valence-corrected chi connectivity index (χ4v) is 4.08. The number of rotatable bonds is 7. The molecule has 2 aromatic rings.